The number of phosphoric acid groups is 2. The van der Waals surface area contributed by atoms with Crippen LogP contribution >= 0.6 is 15.6 Å². The Balaban J connectivity index is 4.98. The zero-order valence-corrected chi connectivity index (χ0v) is 10.5. The summed E-state index contributed by atoms with van der Waals surface area (Å²) in [6.45, 7) is -2.98. The topological polar surface area (TPSA) is 113 Å². The fourth-order valence-electron chi connectivity index (χ4n) is 0.619. The van der Waals surface area contributed by atoms with Crippen LogP contribution in [0.25, 0.3) is 0 Å². The van der Waals surface area contributed by atoms with Crippen molar-refractivity contribution in [3.05, 3.63) is 0 Å². The van der Waals surface area contributed by atoms with Gasteiger partial charge in [-0.2, -0.15) is 35.0 Å². The number of halogens is 7. The van der Waals surface area contributed by atoms with Crippen LogP contribution in [0.1, 0.15) is 0 Å². The third-order valence-corrected chi connectivity index (χ3v) is 3.57. The van der Waals surface area contributed by atoms with Crippen LogP contribution < -0.4 is 0 Å². The van der Waals surface area contributed by atoms with E-state index in [1.807, 2.05) is 0 Å². The molecule has 1 unspecified atom stereocenters. The van der Waals surface area contributed by atoms with E-state index in [0.717, 1.165) is 0 Å². The fourth-order valence-corrected chi connectivity index (χ4v) is 2.21. The van der Waals surface area contributed by atoms with Crippen LogP contribution in [0.4, 0.5) is 30.7 Å². The van der Waals surface area contributed by atoms with Crippen molar-refractivity contribution in [1.29, 1.82) is 0 Å². The van der Waals surface area contributed by atoms with E-state index in [9.17, 15) is 39.9 Å². The molecule has 1 atom stereocenters. The van der Waals surface area contributed by atoms with E-state index in [4.69, 9.17) is 14.7 Å². The third-order valence-electron chi connectivity index (χ3n) is 1.43. The van der Waals surface area contributed by atoms with E-state index < -0.39 is 40.3 Å². The summed E-state index contributed by atoms with van der Waals surface area (Å²) in [6, 6.07) is 0. The van der Waals surface area contributed by atoms with E-state index in [2.05, 4.69) is 8.83 Å². The standard InChI is InChI=1S/C4H5F7O7P2/c5-2(6,3(7,8)4(9,10)11)1-17-20(15,16)18-19(12,13)14/h1H2,(H,15,16)(H2,12,13,14). The summed E-state index contributed by atoms with van der Waals surface area (Å²) in [7, 11) is -11.7. The summed E-state index contributed by atoms with van der Waals surface area (Å²) in [6.07, 6.45) is -6.69. The molecule has 0 aliphatic carbocycles. The summed E-state index contributed by atoms with van der Waals surface area (Å²) in [5.41, 5.74) is 0. The quantitative estimate of drug-likeness (QED) is 0.491. The first-order chi connectivity index (χ1) is 8.41. The smallest absolute Gasteiger partial charge is 0.302 e. The van der Waals surface area contributed by atoms with Gasteiger partial charge in [0.2, 0.25) is 0 Å². The second-order valence-corrected chi connectivity index (χ2v) is 5.92. The van der Waals surface area contributed by atoms with Crippen molar-refractivity contribution in [3.8, 4) is 0 Å². The summed E-state index contributed by atoms with van der Waals surface area (Å²) in [5, 5.41) is 0. The number of rotatable bonds is 6. The largest absolute Gasteiger partial charge is 0.481 e. The van der Waals surface area contributed by atoms with Gasteiger partial charge in [0.25, 0.3) is 0 Å². The minimum atomic E-state index is -6.69. The maximum atomic E-state index is 12.6. The SMILES string of the molecule is O=P(O)(O)OP(=O)(O)OCC(F)(F)C(F)(F)C(F)(F)F. The second kappa shape index (κ2) is 5.52. The van der Waals surface area contributed by atoms with Gasteiger partial charge in [-0.05, 0) is 0 Å². The first kappa shape index (κ1) is 19.8. The van der Waals surface area contributed by atoms with Crippen LogP contribution in [0.3, 0.4) is 0 Å². The molecule has 20 heavy (non-hydrogen) atoms. The van der Waals surface area contributed by atoms with Crippen molar-refractivity contribution in [2.24, 2.45) is 0 Å². The third kappa shape index (κ3) is 5.28. The van der Waals surface area contributed by atoms with Crippen LogP contribution in [0.5, 0.6) is 0 Å². The zero-order chi connectivity index (χ0) is 16.6. The highest BCUT2D eigenvalue weighted by Crippen LogP contribution is 2.58. The van der Waals surface area contributed by atoms with Crippen LogP contribution in [-0.4, -0.2) is 39.3 Å². The van der Waals surface area contributed by atoms with Gasteiger partial charge < -0.3 is 14.7 Å². The summed E-state index contributed by atoms with van der Waals surface area (Å²) < 4.78 is 111. The molecule has 122 valence electrons. The highest BCUT2D eigenvalue weighted by atomic mass is 31.3. The number of hydrogen-bond acceptors (Lipinski definition) is 4. The second-order valence-electron chi connectivity index (χ2n) is 3.09. The summed E-state index contributed by atoms with van der Waals surface area (Å²) in [4.78, 5) is 24.5. The Bertz CT molecular complexity index is 441. The van der Waals surface area contributed by atoms with Crippen molar-refractivity contribution in [2.45, 2.75) is 18.0 Å². The summed E-state index contributed by atoms with van der Waals surface area (Å²) in [5.74, 6) is -12.6. The van der Waals surface area contributed by atoms with Crippen LogP contribution in [-0.2, 0) is 18.0 Å². The molecular weight excluding hydrogens is 355 g/mol. The van der Waals surface area contributed by atoms with Gasteiger partial charge in [0, 0.05) is 0 Å². The van der Waals surface area contributed by atoms with Gasteiger partial charge in [0.05, 0.1) is 0 Å². The molecule has 16 heteroatoms. The normalized spacial score (nSPS) is 17.9. The Morgan fingerprint density at radius 2 is 1.30 bits per heavy atom. The van der Waals surface area contributed by atoms with Gasteiger partial charge in [-0.3, -0.25) is 4.52 Å². The first-order valence-corrected chi connectivity index (χ1v) is 7.00. The van der Waals surface area contributed by atoms with Gasteiger partial charge in [-0.25, -0.2) is 9.13 Å². The van der Waals surface area contributed by atoms with Gasteiger partial charge in [-0.1, -0.05) is 0 Å². The summed E-state index contributed by atoms with van der Waals surface area (Å²) >= 11 is 0. The van der Waals surface area contributed by atoms with Gasteiger partial charge in [-0.15, -0.1) is 0 Å². The molecule has 0 radical (unpaired) electrons. The molecule has 0 amide bonds. The van der Waals surface area contributed by atoms with Crippen molar-refractivity contribution in [1.82, 2.24) is 0 Å². The average Bonchev–Trinajstić information content (AvgIpc) is 2.09. The fraction of sp³-hybridized carbons (Fsp3) is 1.00. The van der Waals surface area contributed by atoms with Crippen molar-refractivity contribution in [2.75, 3.05) is 6.61 Å². The van der Waals surface area contributed by atoms with Gasteiger partial charge in [0.1, 0.15) is 6.61 Å². The molecule has 0 aromatic carbocycles. The first-order valence-electron chi connectivity index (χ1n) is 3.98. The lowest BCUT2D eigenvalue weighted by atomic mass is 10.2. The van der Waals surface area contributed by atoms with Gasteiger partial charge in [0.15, 0.2) is 0 Å². The molecule has 0 fully saturated rings. The molecule has 0 bridgehead atoms. The van der Waals surface area contributed by atoms with Gasteiger partial charge >= 0.3 is 33.7 Å². The molecule has 0 saturated heterocycles. The molecule has 0 spiro atoms. The molecule has 0 saturated carbocycles. The number of alkyl halides is 7. The Morgan fingerprint density at radius 3 is 1.60 bits per heavy atom. The molecule has 0 aromatic rings. The van der Waals surface area contributed by atoms with E-state index >= 15 is 0 Å². The highest BCUT2D eigenvalue weighted by Gasteiger charge is 2.73. The predicted octanol–water partition coefficient (Wildman–Crippen LogP) is 2.05. The lowest BCUT2D eigenvalue weighted by molar-refractivity contribution is -0.358. The van der Waals surface area contributed by atoms with Crippen molar-refractivity contribution in [3.63, 3.8) is 0 Å². The lowest BCUT2D eigenvalue weighted by Gasteiger charge is -2.28. The van der Waals surface area contributed by atoms with E-state index in [1.54, 1.807) is 0 Å². The monoisotopic (exact) mass is 360 g/mol. The van der Waals surface area contributed by atoms with E-state index in [-0.39, 0.29) is 0 Å². The maximum absolute atomic E-state index is 12.6. The average molecular weight is 360 g/mol. The molecule has 7 nitrogen and oxygen atoms in total. The molecule has 0 aliphatic rings. The Labute approximate surface area is 105 Å². The Kier molecular flexibility index (Phi) is 5.46. The molecule has 3 N–H and O–H groups in total. The minimum absolute atomic E-state index is 2.91. The predicted molar refractivity (Wildman–Crippen MR) is 44.9 cm³/mol. The Hall–Kier alpha value is -0.230. The molecule has 0 rings (SSSR count). The van der Waals surface area contributed by atoms with Crippen molar-refractivity contribution >= 4 is 15.6 Å². The minimum Gasteiger partial charge on any atom is -0.302 e. The number of hydrogen-bond donors (Lipinski definition) is 3. The van der Waals surface area contributed by atoms with E-state index in [0.29, 0.717) is 0 Å². The number of phosphoric ester groups is 1. The maximum Gasteiger partial charge on any atom is 0.481 e. The van der Waals surface area contributed by atoms with Crippen LogP contribution in [0.15, 0.2) is 0 Å². The Morgan fingerprint density at radius 1 is 0.900 bits per heavy atom. The lowest BCUT2D eigenvalue weighted by Crippen LogP contribution is -2.54. The molecular formula is C4H5F7O7P2. The van der Waals surface area contributed by atoms with E-state index in [1.165, 1.54) is 0 Å². The highest BCUT2D eigenvalue weighted by molar-refractivity contribution is 7.60. The van der Waals surface area contributed by atoms with Crippen LogP contribution in [0, 0.1) is 0 Å². The zero-order valence-electron chi connectivity index (χ0n) is 8.72. The van der Waals surface area contributed by atoms with Crippen molar-refractivity contribution < 1.29 is 63.4 Å². The molecule has 0 aromatic heterocycles. The molecule has 0 heterocycles. The van der Waals surface area contributed by atoms with Crippen LogP contribution in [0.2, 0.25) is 0 Å². The molecule has 0 aliphatic heterocycles.